The third-order valence-electron chi connectivity index (χ3n) is 3.17. The Bertz CT molecular complexity index is 340. The van der Waals surface area contributed by atoms with Crippen molar-refractivity contribution in [2.45, 2.75) is 31.4 Å². The summed E-state index contributed by atoms with van der Waals surface area (Å²) in [7, 11) is 0. The number of nitrogens with one attached hydrogen (secondary N) is 1. The molecule has 0 radical (unpaired) electrons. The summed E-state index contributed by atoms with van der Waals surface area (Å²) >= 11 is 0. The van der Waals surface area contributed by atoms with Gasteiger partial charge in [0.2, 0.25) is 0 Å². The maximum Gasteiger partial charge on any atom is 0.326 e. The van der Waals surface area contributed by atoms with Crippen molar-refractivity contribution >= 4 is 12.0 Å². The van der Waals surface area contributed by atoms with Crippen LogP contribution in [-0.2, 0) is 9.53 Å². The van der Waals surface area contributed by atoms with Crippen molar-refractivity contribution < 1.29 is 24.5 Å². The fourth-order valence-corrected chi connectivity index (χ4v) is 2.07. The second kappa shape index (κ2) is 8.55. The number of hydrogen-bond acceptors (Lipinski definition) is 4. The first-order valence-electron chi connectivity index (χ1n) is 6.70. The number of ether oxygens (including phenoxy) is 1. The molecule has 0 saturated carbocycles. The summed E-state index contributed by atoms with van der Waals surface area (Å²) in [6, 6.07) is -1.32. The van der Waals surface area contributed by atoms with Crippen molar-refractivity contribution in [2.75, 3.05) is 26.3 Å². The number of hydrogen-bond donors (Lipinski definition) is 3. The third kappa shape index (κ3) is 5.18. The summed E-state index contributed by atoms with van der Waals surface area (Å²) in [6.07, 6.45) is 3.08. The number of rotatable bonds is 7. The number of urea groups is 1. The second-order valence-electron chi connectivity index (χ2n) is 4.65. The van der Waals surface area contributed by atoms with Gasteiger partial charge >= 0.3 is 12.0 Å². The van der Waals surface area contributed by atoms with Gasteiger partial charge in [-0.1, -0.05) is 6.08 Å². The molecule has 1 saturated heterocycles. The predicted octanol–water partition coefficient (Wildman–Crippen LogP) is 0.199. The Labute approximate surface area is 118 Å². The molecule has 0 spiro atoms. The summed E-state index contributed by atoms with van der Waals surface area (Å²) in [6.45, 7) is 4.80. The fourth-order valence-electron chi connectivity index (χ4n) is 2.07. The Morgan fingerprint density at radius 3 is 2.60 bits per heavy atom. The number of carbonyl (C=O) groups excluding carboxylic acids is 1. The Hall–Kier alpha value is -1.60. The topological polar surface area (TPSA) is 99.1 Å². The highest BCUT2D eigenvalue weighted by atomic mass is 16.5. The van der Waals surface area contributed by atoms with Crippen LogP contribution in [-0.4, -0.2) is 65.6 Å². The van der Waals surface area contributed by atoms with Crippen molar-refractivity contribution in [3.05, 3.63) is 12.7 Å². The summed E-state index contributed by atoms with van der Waals surface area (Å²) in [5.41, 5.74) is 0. The molecule has 1 fully saturated rings. The van der Waals surface area contributed by atoms with E-state index in [0.29, 0.717) is 32.5 Å². The number of carboxylic acid groups (broad SMARTS) is 1. The molecule has 114 valence electrons. The molecule has 20 heavy (non-hydrogen) atoms. The maximum absolute atomic E-state index is 11.9. The monoisotopic (exact) mass is 286 g/mol. The van der Waals surface area contributed by atoms with Crippen LogP contribution in [0.25, 0.3) is 0 Å². The summed E-state index contributed by atoms with van der Waals surface area (Å²) in [5.74, 6) is -1.07. The largest absolute Gasteiger partial charge is 0.480 e. The average Bonchev–Trinajstić information content (AvgIpc) is 2.45. The van der Waals surface area contributed by atoms with Gasteiger partial charge in [-0.3, -0.25) is 0 Å². The maximum atomic E-state index is 11.9. The number of piperidine rings is 1. The molecule has 1 aliphatic rings. The lowest BCUT2D eigenvalue weighted by molar-refractivity contribution is -0.139. The van der Waals surface area contributed by atoms with E-state index in [9.17, 15) is 9.59 Å². The zero-order chi connectivity index (χ0) is 15.0. The average molecular weight is 286 g/mol. The lowest BCUT2D eigenvalue weighted by Gasteiger charge is -2.32. The van der Waals surface area contributed by atoms with Gasteiger partial charge in [0.1, 0.15) is 6.04 Å². The zero-order valence-corrected chi connectivity index (χ0v) is 11.5. The van der Waals surface area contributed by atoms with E-state index in [-0.39, 0.29) is 25.2 Å². The van der Waals surface area contributed by atoms with E-state index in [0.717, 1.165) is 0 Å². The van der Waals surface area contributed by atoms with Gasteiger partial charge in [0.15, 0.2) is 0 Å². The van der Waals surface area contributed by atoms with Crippen LogP contribution in [0.5, 0.6) is 0 Å². The molecule has 3 N–H and O–H groups in total. The number of amides is 2. The van der Waals surface area contributed by atoms with Gasteiger partial charge in [-0.05, 0) is 19.3 Å². The van der Waals surface area contributed by atoms with Crippen LogP contribution in [0, 0.1) is 0 Å². The molecule has 0 aliphatic carbocycles. The van der Waals surface area contributed by atoms with E-state index in [1.165, 1.54) is 6.08 Å². The summed E-state index contributed by atoms with van der Waals surface area (Å²) in [5, 5.41) is 20.1. The van der Waals surface area contributed by atoms with E-state index in [2.05, 4.69) is 11.9 Å². The number of nitrogens with zero attached hydrogens (tertiary/aromatic N) is 1. The molecule has 0 aromatic heterocycles. The highest BCUT2D eigenvalue weighted by Gasteiger charge is 2.26. The zero-order valence-electron chi connectivity index (χ0n) is 11.5. The quantitative estimate of drug-likeness (QED) is 0.581. The number of aliphatic carboxylic acids is 1. The van der Waals surface area contributed by atoms with Crippen molar-refractivity contribution in [3.63, 3.8) is 0 Å². The number of aliphatic hydroxyl groups excluding tert-OH is 1. The van der Waals surface area contributed by atoms with Gasteiger partial charge in [-0.2, -0.15) is 0 Å². The lowest BCUT2D eigenvalue weighted by Crippen LogP contribution is -2.50. The van der Waals surface area contributed by atoms with Gasteiger partial charge in [0, 0.05) is 13.1 Å². The highest BCUT2D eigenvalue weighted by molar-refractivity contribution is 5.82. The first kappa shape index (κ1) is 16.5. The third-order valence-corrected chi connectivity index (χ3v) is 3.17. The molecule has 1 unspecified atom stereocenters. The Morgan fingerprint density at radius 2 is 2.10 bits per heavy atom. The van der Waals surface area contributed by atoms with Crippen LogP contribution < -0.4 is 5.32 Å². The predicted molar refractivity (Wildman–Crippen MR) is 72.4 cm³/mol. The van der Waals surface area contributed by atoms with Crippen molar-refractivity contribution in [3.8, 4) is 0 Å². The molecular weight excluding hydrogens is 264 g/mol. The fraction of sp³-hybridized carbons (Fsp3) is 0.692. The van der Waals surface area contributed by atoms with Gasteiger partial charge in [-0.25, -0.2) is 9.59 Å². The lowest BCUT2D eigenvalue weighted by atomic mass is 10.1. The van der Waals surface area contributed by atoms with E-state index in [1.807, 2.05) is 0 Å². The van der Waals surface area contributed by atoms with Crippen LogP contribution >= 0.6 is 0 Å². The summed E-state index contributed by atoms with van der Waals surface area (Å²) in [4.78, 5) is 24.5. The molecule has 1 aliphatic heterocycles. The van der Waals surface area contributed by atoms with Crippen LogP contribution in [0.4, 0.5) is 4.79 Å². The highest BCUT2D eigenvalue weighted by Crippen LogP contribution is 2.13. The van der Waals surface area contributed by atoms with E-state index < -0.39 is 12.0 Å². The molecule has 0 aromatic carbocycles. The Balaban J connectivity index is 2.38. The van der Waals surface area contributed by atoms with Gasteiger partial charge in [0.05, 0.1) is 19.3 Å². The van der Waals surface area contributed by atoms with E-state index in [1.54, 1.807) is 4.90 Å². The molecule has 1 heterocycles. The molecule has 7 nitrogen and oxygen atoms in total. The van der Waals surface area contributed by atoms with Crippen LogP contribution in [0.15, 0.2) is 12.7 Å². The second-order valence-corrected chi connectivity index (χ2v) is 4.65. The molecular formula is C13H22N2O5. The van der Waals surface area contributed by atoms with Crippen molar-refractivity contribution in [1.29, 1.82) is 0 Å². The molecule has 1 atom stereocenters. The van der Waals surface area contributed by atoms with Crippen LogP contribution in [0.1, 0.15) is 19.3 Å². The SMILES string of the molecule is C=CCC(NC(=O)N1CCC(OCCO)CC1)C(=O)O. The van der Waals surface area contributed by atoms with Gasteiger partial charge < -0.3 is 25.2 Å². The van der Waals surface area contributed by atoms with Gasteiger partial charge in [0.25, 0.3) is 0 Å². The number of carboxylic acids is 1. The standard InChI is InChI=1S/C13H22N2O5/c1-2-3-11(12(17)18)14-13(19)15-6-4-10(5-7-15)20-9-8-16/h2,10-11,16H,1,3-9H2,(H,14,19)(H,17,18). The first-order valence-corrected chi connectivity index (χ1v) is 6.70. The normalized spacial score (nSPS) is 17.6. The molecule has 1 rings (SSSR count). The van der Waals surface area contributed by atoms with Crippen molar-refractivity contribution in [2.24, 2.45) is 0 Å². The van der Waals surface area contributed by atoms with Crippen molar-refractivity contribution in [1.82, 2.24) is 10.2 Å². The minimum Gasteiger partial charge on any atom is -0.480 e. The van der Waals surface area contributed by atoms with E-state index >= 15 is 0 Å². The van der Waals surface area contributed by atoms with Crippen LogP contribution in [0.2, 0.25) is 0 Å². The Morgan fingerprint density at radius 1 is 1.45 bits per heavy atom. The first-order chi connectivity index (χ1) is 9.58. The smallest absolute Gasteiger partial charge is 0.326 e. The molecule has 0 bridgehead atoms. The number of likely N-dealkylation sites (tertiary alicyclic amines) is 1. The van der Waals surface area contributed by atoms with Gasteiger partial charge in [-0.15, -0.1) is 6.58 Å². The number of carbonyl (C=O) groups is 2. The van der Waals surface area contributed by atoms with E-state index in [4.69, 9.17) is 14.9 Å². The minimum absolute atomic E-state index is 0.0114. The van der Waals surface area contributed by atoms with Crippen LogP contribution in [0.3, 0.4) is 0 Å². The Kier molecular flexibility index (Phi) is 7.03. The minimum atomic E-state index is -1.07. The number of aliphatic hydroxyl groups is 1. The molecule has 2 amide bonds. The summed E-state index contributed by atoms with van der Waals surface area (Å²) < 4.78 is 5.40. The molecule has 0 aromatic rings. The molecule has 7 heteroatoms.